The van der Waals surface area contributed by atoms with Crippen molar-refractivity contribution < 1.29 is 19.4 Å². The van der Waals surface area contributed by atoms with Gasteiger partial charge in [-0.15, -0.1) is 0 Å². The zero-order chi connectivity index (χ0) is 26.0. The van der Waals surface area contributed by atoms with Gasteiger partial charge in [-0.25, -0.2) is 0 Å². The van der Waals surface area contributed by atoms with Crippen molar-refractivity contribution in [3.05, 3.63) is 57.6 Å². The Hall–Kier alpha value is -1.74. The monoisotopic (exact) mass is 588 g/mol. The van der Waals surface area contributed by atoms with Crippen molar-refractivity contribution in [2.45, 2.75) is 63.3 Å². The topological polar surface area (TPSA) is 63.5 Å². The number of methoxy groups -OCH3 is 1. The van der Waals surface area contributed by atoms with Gasteiger partial charge >= 0.3 is 0 Å². The molecule has 2 aromatic carbocycles. The summed E-state index contributed by atoms with van der Waals surface area (Å²) in [5.41, 5.74) is 4.50. The van der Waals surface area contributed by atoms with Crippen LogP contribution in [0.2, 0.25) is 0 Å². The summed E-state index contributed by atoms with van der Waals surface area (Å²) in [6.45, 7) is 4.67. The minimum Gasteiger partial charge on any atom is -0.495 e. The maximum Gasteiger partial charge on any atom is 0.142 e. The van der Waals surface area contributed by atoms with Gasteiger partial charge in [-0.2, -0.15) is 11.8 Å². The lowest BCUT2D eigenvalue weighted by molar-refractivity contribution is 0.0396. The predicted molar refractivity (Wildman–Crippen MR) is 153 cm³/mol. The molecule has 0 saturated heterocycles. The van der Waals surface area contributed by atoms with Crippen molar-refractivity contribution in [3.8, 4) is 11.5 Å². The van der Waals surface area contributed by atoms with Crippen LogP contribution in [0.1, 0.15) is 49.3 Å². The summed E-state index contributed by atoms with van der Waals surface area (Å²) in [4.78, 5) is 8.26. The molecule has 4 atom stereocenters. The van der Waals surface area contributed by atoms with E-state index in [-0.39, 0.29) is 30.1 Å². The number of halogens is 1. The molecule has 1 fully saturated rings. The van der Waals surface area contributed by atoms with E-state index >= 15 is 0 Å². The maximum absolute atomic E-state index is 10.6. The summed E-state index contributed by atoms with van der Waals surface area (Å²) in [6, 6.07) is 12.4. The van der Waals surface area contributed by atoms with Gasteiger partial charge in [-0.3, -0.25) is 4.90 Å². The smallest absolute Gasteiger partial charge is 0.142 e. The number of hydrogen-bond donors (Lipinski definition) is 1. The molecule has 6 nitrogen and oxygen atoms in total. The van der Waals surface area contributed by atoms with Gasteiger partial charge in [0.15, 0.2) is 0 Å². The third-order valence-corrected chi connectivity index (χ3v) is 9.81. The van der Waals surface area contributed by atoms with Gasteiger partial charge in [0.2, 0.25) is 0 Å². The highest BCUT2D eigenvalue weighted by molar-refractivity contribution is 9.10. The SMILES string of the molecule is COc1cc2c3c(c1Br)O[C@@H]1C/C(=N/OCc4ccccc4)C[C@@H](C)[C@]31C[C@@H](CO)N(CCCSC)C2. The molecule has 3 aliphatic rings. The van der Waals surface area contributed by atoms with E-state index in [2.05, 4.69) is 45.2 Å². The van der Waals surface area contributed by atoms with Crippen LogP contribution in [-0.2, 0) is 23.4 Å². The summed E-state index contributed by atoms with van der Waals surface area (Å²) >= 11 is 5.67. The molecule has 8 heteroatoms. The Balaban J connectivity index is 1.48. The standard InChI is InChI=1S/C29H37BrN2O4S/c1-19-12-22(31-35-18-20-8-5-4-6-9-20)14-25-29(19)15-23(17-33)32(10-7-11-37-3)16-21-13-24(34-2)27(30)28(36-25)26(21)29/h4-6,8-9,13,19,23,25,33H,7,10-12,14-18H2,1-3H3/b31-22+/t19-,23+,25-,29+/m1/s1. The molecule has 37 heavy (non-hydrogen) atoms. The molecule has 2 aromatic rings. The van der Waals surface area contributed by atoms with Crippen molar-refractivity contribution in [2.24, 2.45) is 11.1 Å². The van der Waals surface area contributed by atoms with Crippen molar-refractivity contribution in [2.75, 3.05) is 32.3 Å². The number of aliphatic hydroxyl groups excluding tert-OH is 1. The molecule has 1 saturated carbocycles. The first kappa shape index (κ1) is 26.9. The second kappa shape index (κ2) is 11.6. The number of benzene rings is 2. The Labute approximate surface area is 232 Å². The van der Waals surface area contributed by atoms with Crippen LogP contribution in [0.3, 0.4) is 0 Å². The van der Waals surface area contributed by atoms with Crippen molar-refractivity contribution in [3.63, 3.8) is 0 Å². The number of ether oxygens (including phenoxy) is 2. The molecule has 2 heterocycles. The molecule has 1 aliphatic carbocycles. The van der Waals surface area contributed by atoms with Crippen molar-refractivity contribution in [1.82, 2.24) is 4.90 Å². The number of aliphatic hydroxyl groups is 1. The molecular formula is C29H37BrN2O4S. The van der Waals surface area contributed by atoms with E-state index in [1.165, 1.54) is 11.1 Å². The van der Waals surface area contributed by atoms with Gasteiger partial charge in [-0.05, 0) is 76.9 Å². The summed E-state index contributed by atoms with van der Waals surface area (Å²) < 4.78 is 13.4. The lowest BCUT2D eigenvalue weighted by Crippen LogP contribution is -2.52. The maximum atomic E-state index is 10.6. The minimum atomic E-state index is -0.195. The lowest BCUT2D eigenvalue weighted by Gasteiger charge is -2.45. The quantitative estimate of drug-likeness (QED) is 0.296. The van der Waals surface area contributed by atoms with E-state index < -0.39 is 0 Å². The third kappa shape index (κ3) is 5.02. The van der Waals surface area contributed by atoms with E-state index in [0.29, 0.717) is 13.0 Å². The van der Waals surface area contributed by atoms with Crippen LogP contribution in [0.5, 0.6) is 11.5 Å². The predicted octanol–water partition coefficient (Wildman–Crippen LogP) is 5.78. The molecule has 1 N–H and O–H groups in total. The zero-order valence-corrected chi connectivity index (χ0v) is 24.3. The zero-order valence-electron chi connectivity index (χ0n) is 21.9. The Morgan fingerprint density at radius 3 is 2.81 bits per heavy atom. The molecule has 5 rings (SSSR count). The average Bonchev–Trinajstić information content (AvgIpc) is 3.17. The fraction of sp³-hybridized carbons (Fsp3) is 0.552. The normalized spacial score (nSPS) is 27.8. The van der Waals surface area contributed by atoms with Crippen molar-refractivity contribution in [1.29, 1.82) is 0 Å². The van der Waals surface area contributed by atoms with Crippen LogP contribution in [0, 0.1) is 5.92 Å². The Kier molecular flexibility index (Phi) is 8.39. The highest BCUT2D eigenvalue weighted by atomic mass is 79.9. The molecule has 1 spiro atoms. The summed E-state index contributed by atoms with van der Waals surface area (Å²) in [6.07, 6.45) is 5.62. The van der Waals surface area contributed by atoms with E-state index in [1.54, 1.807) is 7.11 Å². The lowest BCUT2D eigenvalue weighted by atomic mass is 9.59. The van der Waals surface area contributed by atoms with Gasteiger partial charge in [0.1, 0.15) is 28.7 Å². The van der Waals surface area contributed by atoms with Crippen LogP contribution < -0.4 is 9.47 Å². The van der Waals surface area contributed by atoms with Crippen LogP contribution >= 0.6 is 27.7 Å². The molecule has 0 bridgehead atoms. The number of nitrogens with zero attached hydrogens (tertiary/aromatic N) is 2. The molecule has 0 unspecified atom stereocenters. The van der Waals surface area contributed by atoms with Crippen molar-refractivity contribution >= 4 is 33.4 Å². The van der Waals surface area contributed by atoms with Gasteiger partial charge in [0, 0.05) is 30.0 Å². The van der Waals surface area contributed by atoms with Crippen LogP contribution in [0.4, 0.5) is 0 Å². The molecule has 0 aromatic heterocycles. The van der Waals surface area contributed by atoms with Crippen LogP contribution in [0.25, 0.3) is 0 Å². The summed E-state index contributed by atoms with van der Waals surface area (Å²) in [5.74, 6) is 3.10. The third-order valence-electron chi connectivity index (χ3n) is 8.37. The van der Waals surface area contributed by atoms with E-state index in [1.807, 2.05) is 42.1 Å². The second-order valence-electron chi connectivity index (χ2n) is 10.5. The van der Waals surface area contributed by atoms with Gasteiger partial charge < -0.3 is 19.4 Å². The average molecular weight is 590 g/mol. The number of rotatable bonds is 9. The first-order chi connectivity index (χ1) is 18.0. The largest absolute Gasteiger partial charge is 0.495 e. The van der Waals surface area contributed by atoms with E-state index in [0.717, 1.165) is 65.4 Å². The minimum absolute atomic E-state index is 0.0623. The molecule has 0 radical (unpaired) electrons. The summed E-state index contributed by atoms with van der Waals surface area (Å²) in [7, 11) is 1.71. The van der Waals surface area contributed by atoms with Gasteiger partial charge in [0.05, 0.1) is 19.4 Å². The Bertz CT molecular complexity index is 1130. The number of hydrogen-bond acceptors (Lipinski definition) is 7. The molecular weight excluding hydrogens is 552 g/mol. The Morgan fingerprint density at radius 1 is 1.27 bits per heavy atom. The van der Waals surface area contributed by atoms with Crippen LogP contribution in [0.15, 0.2) is 46.0 Å². The summed E-state index contributed by atoms with van der Waals surface area (Å²) in [5, 5.41) is 15.2. The van der Waals surface area contributed by atoms with Gasteiger partial charge in [-0.1, -0.05) is 42.4 Å². The first-order valence-electron chi connectivity index (χ1n) is 13.1. The van der Waals surface area contributed by atoms with E-state index in [9.17, 15) is 5.11 Å². The first-order valence-corrected chi connectivity index (χ1v) is 15.3. The number of thioether (sulfide) groups is 1. The fourth-order valence-corrected chi connectivity index (χ4v) is 7.57. The van der Waals surface area contributed by atoms with Gasteiger partial charge in [0.25, 0.3) is 0 Å². The molecule has 200 valence electrons. The molecule has 0 amide bonds. The molecule has 2 aliphatic heterocycles. The highest BCUT2D eigenvalue weighted by Crippen LogP contribution is 2.60. The highest BCUT2D eigenvalue weighted by Gasteiger charge is 2.59. The fourth-order valence-electron chi connectivity index (χ4n) is 6.59. The Morgan fingerprint density at radius 2 is 2.08 bits per heavy atom. The van der Waals surface area contributed by atoms with Crippen LogP contribution in [-0.4, -0.2) is 60.1 Å². The van der Waals surface area contributed by atoms with E-state index in [4.69, 9.17) is 14.3 Å². The second-order valence-corrected chi connectivity index (χ2v) is 12.3. The number of oxime groups is 1.